The molecule has 2 aromatic rings. The Hall–Kier alpha value is -2.44. The molecule has 3 rings (SSSR count). The van der Waals surface area contributed by atoms with E-state index in [1.807, 2.05) is 39.8 Å². The quantitative estimate of drug-likeness (QED) is 0.741. The van der Waals surface area contributed by atoms with Gasteiger partial charge in [0.25, 0.3) is 5.89 Å². The van der Waals surface area contributed by atoms with Gasteiger partial charge in [-0.2, -0.15) is 4.98 Å². The van der Waals surface area contributed by atoms with Crippen LogP contribution in [-0.2, 0) is 9.53 Å². The fraction of sp³-hybridized carbons (Fsp3) is 0.600. The second-order valence-corrected chi connectivity index (χ2v) is 8.01. The number of nitrogens with zero attached hydrogens (tertiary/aromatic N) is 4. The van der Waals surface area contributed by atoms with E-state index < -0.39 is 5.41 Å². The van der Waals surface area contributed by atoms with Gasteiger partial charge in [0, 0.05) is 30.8 Å². The Bertz CT molecular complexity index is 800. The van der Waals surface area contributed by atoms with Crippen LogP contribution in [0.5, 0.6) is 0 Å². The molecule has 7 nitrogen and oxygen atoms in total. The molecule has 1 atom stereocenters. The van der Waals surface area contributed by atoms with Gasteiger partial charge in [0.05, 0.1) is 12.5 Å². The summed E-state index contributed by atoms with van der Waals surface area (Å²) in [6.07, 6.45) is 3.77. The van der Waals surface area contributed by atoms with Crippen LogP contribution in [-0.4, -0.2) is 41.3 Å². The lowest BCUT2D eigenvalue weighted by molar-refractivity contribution is -0.154. The number of hydrogen-bond acceptors (Lipinski definition) is 7. The van der Waals surface area contributed by atoms with E-state index in [0.29, 0.717) is 11.7 Å². The third kappa shape index (κ3) is 3.96. The number of pyridine rings is 1. The molecule has 1 unspecified atom stereocenters. The van der Waals surface area contributed by atoms with Gasteiger partial charge in [-0.3, -0.25) is 4.79 Å². The number of aromatic nitrogens is 3. The van der Waals surface area contributed by atoms with E-state index in [9.17, 15) is 4.79 Å². The van der Waals surface area contributed by atoms with Gasteiger partial charge in [-0.05, 0) is 44.7 Å². The van der Waals surface area contributed by atoms with Crippen LogP contribution < -0.4 is 4.90 Å². The molecule has 0 radical (unpaired) electrons. The fourth-order valence-corrected chi connectivity index (χ4v) is 3.51. The van der Waals surface area contributed by atoms with E-state index in [2.05, 4.69) is 20.0 Å². The Morgan fingerprint density at radius 2 is 2.19 bits per heavy atom. The molecule has 0 saturated carbocycles. The van der Waals surface area contributed by atoms with Crippen molar-refractivity contribution in [2.24, 2.45) is 11.3 Å². The van der Waals surface area contributed by atoms with Gasteiger partial charge in [-0.25, -0.2) is 4.98 Å². The van der Waals surface area contributed by atoms with Crippen molar-refractivity contribution >= 4 is 11.8 Å². The van der Waals surface area contributed by atoms with Gasteiger partial charge >= 0.3 is 5.97 Å². The molecular weight excluding hydrogens is 344 g/mol. The molecule has 1 aliphatic rings. The van der Waals surface area contributed by atoms with Gasteiger partial charge in [0.15, 0.2) is 5.82 Å². The normalized spacial score (nSPS) is 18.0. The van der Waals surface area contributed by atoms with Gasteiger partial charge in [0.2, 0.25) is 0 Å². The smallest absolute Gasteiger partial charge is 0.311 e. The predicted octanol–water partition coefficient (Wildman–Crippen LogP) is 3.67. The zero-order valence-corrected chi connectivity index (χ0v) is 16.7. The second-order valence-electron chi connectivity index (χ2n) is 8.01. The van der Waals surface area contributed by atoms with Gasteiger partial charge in [0.1, 0.15) is 5.82 Å². The van der Waals surface area contributed by atoms with Crippen LogP contribution in [0.2, 0.25) is 0 Å². The molecule has 0 spiro atoms. The summed E-state index contributed by atoms with van der Waals surface area (Å²) in [5.74, 6) is 2.32. The average Bonchev–Trinajstić information content (AvgIpc) is 3.18. The second kappa shape index (κ2) is 7.66. The zero-order valence-electron chi connectivity index (χ0n) is 16.7. The molecule has 0 aliphatic carbocycles. The summed E-state index contributed by atoms with van der Waals surface area (Å²) in [7, 11) is 1.45. The lowest BCUT2D eigenvalue weighted by Gasteiger charge is -2.40. The van der Waals surface area contributed by atoms with Crippen molar-refractivity contribution in [2.75, 3.05) is 25.1 Å². The topological polar surface area (TPSA) is 81.4 Å². The van der Waals surface area contributed by atoms with Crippen LogP contribution in [0.4, 0.5) is 5.82 Å². The summed E-state index contributed by atoms with van der Waals surface area (Å²) in [4.78, 5) is 23.4. The molecule has 0 amide bonds. The zero-order chi connectivity index (χ0) is 19.6. The van der Waals surface area contributed by atoms with E-state index in [1.165, 1.54) is 7.11 Å². The molecule has 1 fully saturated rings. The molecule has 27 heavy (non-hydrogen) atoms. The maximum absolute atomic E-state index is 12.2. The number of carbonyl (C=O) groups is 1. The minimum Gasteiger partial charge on any atom is -0.469 e. The number of piperidine rings is 1. The Morgan fingerprint density at radius 1 is 1.41 bits per heavy atom. The Labute approximate surface area is 160 Å². The van der Waals surface area contributed by atoms with E-state index in [-0.39, 0.29) is 17.8 Å². The molecule has 0 N–H and O–H groups in total. The lowest BCUT2D eigenvalue weighted by atomic mass is 9.74. The van der Waals surface area contributed by atoms with Gasteiger partial charge in [-0.1, -0.05) is 19.0 Å². The first-order valence-electron chi connectivity index (χ1n) is 9.46. The average molecular weight is 372 g/mol. The Balaban J connectivity index is 1.81. The van der Waals surface area contributed by atoms with Crippen molar-refractivity contribution < 1.29 is 14.1 Å². The summed E-state index contributed by atoms with van der Waals surface area (Å²) in [5.41, 5.74) is 0.331. The fourth-order valence-electron chi connectivity index (χ4n) is 3.51. The van der Waals surface area contributed by atoms with Gasteiger partial charge in [-0.15, -0.1) is 0 Å². The largest absolute Gasteiger partial charge is 0.469 e. The van der Waals surface area contributed by atoms with Crippen molar-refractivity contribution in [2.45, 2.75) is 46.5 Å². The van der Waals surface area contributed by atoms with Crippen LogP contribution in [0.15, 0.2) is 22.9 Å². The van der Waals surface area contributed by atoms with E-state index in [1.54, 1.807) is 6.20 Å². The highest BCUT2D eigenvalue weighted by molar-refractivity contribution is 5.76. The first kappa shape index (κ1) is 19.3. The van der Waals surface area contributed by atoms with Gasteiger partial charge < -0.3 is 14.2 Å². The number of hydrogen-bond donors (Lipinski definition) is 0. The number of ether oxygens (including phenoxy) is 1. The molecular formula is C20H28N4O3. The van der Waals surface area contributed by atoms with Crippen molar-refractivity contribution in [1.82, 2.24) is 15.1 Å². The Morgan fingerprint density at radius 3 is 2.85 bits per heavy atom. The van der Waals surface area contributed by atoms with Crippen molar-refractivity contribution in [3.05, 3.63) is 24.2 Å². The molecule has 1 aliphatic heterocycles. The number of carbonyl (C=O) groups excluding carboxylic acids is 1. The van der Waals surface area contributed by atoms with E-state index >= 15 is 0 Å². The van der Waals surface area contributed by atoms with Crippen molar-refractivity contribution in [3.63, 3.8) is 0 Å². The minimum atomic E-state index is -0.524. The summed E-state index contributed by atoms with van der Waals surface area (Å²) in [6.45, 7) is 9.66. The van der Waals surface area contributed by atoms with Crippen molar-refractivity contribution in [1.29, 1.82) is 0 Å². The molecule has 0 aromatic carbocycles. The highest BCUT2D eigenvalue weighted by atomic mass is 16.5. The summed E-state index contributed by atoms with van der Waals surface area (Å²) >= 11 is 0. The van der Waals surface area contributed by atoms with Crippen molar-refractivity contribution in [3.8, 4) is 11.5 Å². The number of esters is 1. The molecule has 2 aromatic heterocycles. The lowest BCUT2D eigenvalue weighted by Crippen LogP contribution is -2.45. The van der Waals surface area contributed by atoms with Crippen LogP contribution >= 0.6 is 0 Å². The van der Waals surface area contributed by atoms with Crippen LogP contribution in [0.25, 0.3) is 11.5 Å². The molecule has 1 saturated heterocycles. The SMILES string of the molecule is COC(=O)C(C)(C)C1CCCN(c2cc(-c3nc(C(C)C)no3)ccn2)C1. The maximum atomic E-state index is 12.2. The summed E-state index contributed by atoms with van der Waals surface area (Å²) in [6, 6.07) is 3.85. The standard InChI is InChI=1S/C20H28N4O3/c1-13(2)17-22-18(27-23-17)14-8-9-21-16(11-14)24-10-6-7-15(12-24)20(3,4)19(25)26-5/h8-9,11,13,15H,6-7,10,12H2,1-5H3. The highest BCUT2D eigenvalue weighted by Gasteiger charge is 2.40. The van der Waals surface area contributed by atoms with Crippen LogP contribution in [0, 0.1) is 11.3 Å². The number of methoxy groups -OCH3 is 1. The minimum absolute atomic E-state index is 0.164. The van der Waals surface area contributed by atoms with E-state index in [0.717, 1.165) is 37.3 Å². The third-order valence-corrected chi connectivity index (χ3v) is 5.43. The number of anilines is 1. The first-order chi connectivity index (χ1) is 12.8. The maximum Gasteiger partial charge on any atom is 0.311 e. The third-order valence-electron chi connectivity index (χ3n) is 5.43. The summed E-state index contributed by atoms with van der Waals surface area (Å²) < 4.78 is 10.4. The molecule has 3 heterocycles. The molecule has 0 bridgehead atoms. The number of rotatable bonds is 5. The summed E-state index contributed by atoms with van der Waals surface area (Å²) in [5, 5.41) is 4.04. The predicted molar refractivity (Wildman–Crippen MR) is 102 cm³/mol. The van der Waals surface area contributed by atoms with Crippen LogP contribution in [0.3, 0.4) is 0 Å². The highest BCUT2D eigenvalue weighted by Crippen LogP contribution is 2.36. The monoisotopic (exact) mass is 372 g/mol. The van der Waals surface area contributed by atoms with Crippen LogP contribution in [0.1, 0.15) is 52.3 Å². The first-order valence-corrected chi connectivity index (χ1v) is 9.46. The molecule has 146 valence electrons. The molecule has 7 heteroatoms. The Kier molecular flexibility index (Phi) is 5.48. The van der Waals surface area contributed by atoms with E-state index in [4.69, 9.17) is 9.26 Å².